The molecule has 0 aromatic heterocycles. The summed E-state index contributed by atoms with van der Waals surface area (Å²) in [6.07, 6.45) is 2.04. The number of ether oxygens (including phenoxy) is 1. The van der Waals surface area contributed by atoms with Crippen LogP contribution in [-0.2, 0) is 22.7 Å². The van der Waals surface area contributed by atoms with Gasteiger partial charge in [0.15, 0.2) is 0 Å². The fraction of sp³-hybridized carbons (Fsp3) is 0.407. The number of halogens is 1. The van der Waals surface area contributed by atoms with Crippen molar-refractivity contribution < 1.29 is 23.5 Å². The first-order valence-electron chi connectivity index (χ1n) is 12.1. The maximum Gasteiger partial charge on any atom is 0.255 e. The maximum atomic E-state index is 14.6. The third kappa shape index (κ3) is 4.44. The number of nitriles is 1. The number of fused-ring (bicyclic) bond motifs is 1. The second kappa shape index (κ2) is 9.70. The van der Waals surface area contributed by atoms with E-state index in [4.69, 9.17) is 4.74 Å². The monoisotopic (exact) mass is 490 g/mol. The van der Waals surface area contributed by atoms with Crippen molar-refractivity contribution >= 4 is 17.7 Å². The fourth-order valence-corrected chi connectivity index (χ4v) is 5.58. The van der Waals surface area contributed by atoms with Crippen LogP contribution in [0, 0.1) is 17.1 Å². The van der Waals surface area contributed by atoms with Crippen LogP contribution in [0.4, 0.5) is 4.39 Å². The number of carbonyl (C=O) groups is 3. The molecule has 1 unspecified atom stereocenters. The average molecular weight is 491 g/mol. The number of likely N-dealkylation sites (tertiary alicyclic amines) is 1. The summed E-state index contributed by atoms with van der Waals surface area (Å²) in [7, 11) is 1.57. The number of benzene rings is 2. The largest absolute Gasteiger partial charge is 0.497 e. The van der Waals surface area contributed by atoms with Crippen LogP contribution >= 0.6 is 0 Å². The Morgan fingerprint density at radius 1 is 1.14 bits per heavy atom. The second-order valence-electron chi connectivity index (χ2n) is 9.61. The van der Waals surface area contributed by atoms with E-state index >= 15 is 0 Å². The Labute approximate surface area is 208 Å². The molecule has 1 N–H and O–H groups in total. The molecule has 9 heteroatoms. The highest BCUT2D eigenvalue weighted by Crippen LogP contribution is 2.38. The SMILES string of the molecule is COc1ccc(CN2CCC(c3cc(F)cc4c3CN(C3CCC(=O)NC3=O)C4=O)CC2)c(C#N)c1. The van der Waals surface area contributed by atoms with Gasteiger partial charge in [-0.25, -0.2) is 4.39 Å². The first-order valence-corrected chi connectivity index (χ1v) is 12.1. The number of hydrogen-bond acceptors (Lipinski definition) is 6. The van der Waals surface area contributed by atoms with Crippen LogP contribution in [0.3, 0.4) is 0 Å². The molecular weight excluding hydrogens is 463 g/mol. The van der Waals surface area contributed by atoms with E-state index in [1.807, 2.05) is 12.1 Å². The number of carbonyl (C=O) groups excluding carboxylic acids is 3. The van der Waals surface area contributed by atoms with E-state index in [2.05, 4.69) is 16.3 Å². The molecule has 0 bridgehead atoms. The lowest BCUT2D eigenvalue weighted by atomic mass is 9.85. The summed E-state index contributed by atoms with van der Waals surface area (Å²) in [6, 6.07) is 9.81. The minimum absolute atomic E-state index is 0.0894. The molecule has 2 aromatic carbocycles. The number of nitrogens with one attached hydrogen (secondary N) is 1. The van der Waals surface area contributed by atoms with Crippen molar-refractivity contribution in [3.63, 3.8) is 0 Å². The molecule has 1 atom stereocenters. The molecule has 36 heavy (non-hydrogen) atoms. The molecule has 0 radical (unpaired) electrons. The standard InChI is InChI=1S/C27H27FN4O4/c1-36-20-3-2-17(18(10-20)13-29)14-31-8-6-16(7-9-31)21-11-19(28)12-22-23(21)15-32(27(22)35)24-4-5-25(33)30-26(24)34/h2-3,10-12,16,24H,4-9,14-15H2,1H3,(H,30,33,34). The Morgan fingerprint density at radius 2 is 1.92 bits per heavy atom. The van der Waals surface area contributed by atoms with Gasteiger partial charge in [-0.15, -0.1) is 0 Å². The lowest BCUT2D eigenvalue weighted by Gasteiger charge is -2.33. The van der Waals surface area contributed by atoms with Crippen LogP contribution in [-0.4, -0.2) is 53.8 Å². The Morgan fingerprint density at radius 3 is 2.61 bits per heavy atom. The normalized spacial score (nSPS) is 20.8. The molecule has 5 rings (SSSR count). The van der Waals surface area contributed by atoms with Crippen molar-refractivity contribution in [2.45, 2.75) is 50.7 Å². The molecular formula is C27H27FN4O4. The summed E-state index contributed by atoms with van der Waals surface area (Å²) < 4.78 is 19.8. The zero-order valence-electron chi connectivity index (χ0n) is 20.1. The third-order valence-corrected chi connectivity index (χ3v) is 7.51. The number of piperidine rings is 2. The zero-order chi connectivity index (χ0) is 25.4. The number of nitrogens with zero attached hydrogens (tertiary/aromatic N) is 3. The third-order valence-electron chi connectivity index (χ3n) is 7.51. The van der Waals surface area contributed by atoms with Gasteiger partial charge in [0, 0.05) is 25.1 Å². The molecule has 8 nitrogen and oxygen atoms in total. The molecule has 0 saturated carbocycles. The van der Waals surface area contributed by atoms with Crippen molar-refractivity contribution in [2.24, 2.45) is 0 Å². The van der Waals surface area contributed by atoms with Crippen molar-refractivity contribution in [2.75, 3.05) is 20.2 Å². The molecule has 3 aliphatic heterocycles. The van der Waals surface area contributed by atoms with Gasteiger partial charge in [-0.3, -0.25) is 24.6 Å². The maximum absolute atomic E-state index is 14.6. The number of imide groups is 1. The van der Waals surface area contributed by atoms with E-state index in [9.17, 15) is 24.0 Å². The van der Waals surface area contributed by atoms with E-state index in [0.717, 1.165) is 42.6 Å². The van der Waals surface area contributed by atoms with Crippen LogP contribution in [0.2, 0.25) is 0 Å². The highest BCUT2D eigenvalue weighted by atomic mass is 19.1. The van der Waals surface area contributed by atoms with Crippen molar-refractivity contribution in [3.05, 3.63) is 64.0 Å². The summed E-state index contributed by atoms with van der Waals surface area (Å²) in [4.78, 5) is 40.8. The molecule has 0 aliphatic carbocycles. The second-order valence-corrected chi connectivity index (χ2v) is 9.61. The molecule has 3 heterocycles. The van der Waals surface area contributed by atoms with Gasteiger partial charge in [0.05, 0.1) is 18.7 Å². The highest BCUT2D eigenvalue weighted by molar-refractivity contribution is 6.05. The van der Waals surface area contributed by atoms with Crippen LogP contribution in [0.1, 0.15) is 64.2 Å². The molecule has 0 spiro atoms. The summed E-state index contributed by atoms with van der Waals surface area (Å²) in [5, 5.41) is 11.8. The van der Waals surface area contributed by atoms with Crippen LogP contribution in [0.15, 0.2) is 30.3 Å². The van der Waals surface area contributed by atoms with Gasteiger partial charge in [0.1, 0.15) is 17.6 Å². The Kier molecular flexibility index (Phi) is 6.46. The van der Waals surface area contributed by atoms with E-state index in [-0.39, 0.29) is 37.1 Å². The molecule has 3 amide bonds. The van der Waals surface area contributed by atoms with Crippen molar-refractivity contribution in [1.29, 1.82) is 5.26 Å². The average Bonchev–Trinajstić information content (AvgIpc) is 3.20. The van der Waals surface area contributed by atoms with Crippen LogP contribution < -0.4 is 10.1 Å². The fourth-order valence-electron chi connectivity index (χ4n) is 5.58. The van der Waals surface area contributed by atoms with Gasteiger partial charge in [-0.1, -0.05) is 6.07 Å². The summed E-state index contributed by atoms with van der Waals surface area (Å²) in [5.41, 5.74) is 3.45. The van der Waals surface area contributed by atoms with E-state index < -0.39 is 17.8 Å². The zero-order valence-corrected chi connectivity index (χ0v) is 20.1. The number of hydrogen-bond donors (Lipinski definition) is 1. The summed E-state index contributed by atoms with van der Waals surface area (Å²) in [5.74, 6) is -0.891. The minimum atomic E-state index is -0.723. The number of rotatable bonds is 5. The minimum Gasteiger partial charge on any atom is -0.497 e. The Hall–Kier alpha value is -3.77. The Balaban J connectivity index is 1.30. The van der Waals surface area contributed by atoms with Gasteiger partial charge >= 0.3 is 0 Å². The predicted molar refractivity (Wildman–Crippen MR) is 127 cm³/mol. The van der Waals surface area contributed by atoms with Gasteiger partial charge in [-0.05, 0) is 79.2 Å². The van der Waals surface area contributed by atoms with E-state index in [1.165, 1.54) is 17.0 Å². The van der Waals surface area contributed by atoms with E-state index in [0.29, 0.717) is 23.4 Å². The number of amides is 3. The smallest absolute Gasteiger partial charge is 0.255 e. The number of methoxy groups -OCH3 is 1. The van der Waals surface area contributed by atoms with E-state index in [1.54, 1.807) is 13.2 Å². The molecule has 2 saturated heterocycles. The summed E-state index contributed by atoms with van der Waals surface area (Å²) >= 11 is 0. The van der Waals surface area contributed by atoms with Crippen LogP contribution in [0.25, 0.3) is 0 Å². The molecule has 2 fully saturated rings. The first kappa shape index (κ1) is 23.9. The Bertz CT molecular complexity index is 1280. The van der Waals surface area contributed by atoms with Crippen LogP contribution in [0.5, 0.6) is 5.75 Å². The lowest BCUT2D eigenvalue weighted by molar-refractivity contribution is -0.136. The van der Waals surface area contributed by atoms with Gasteiger partial charge in [0.25, 0.3) is 5.91 Å². The molecule has 2 aromatic rings. The van der Waals surface area contributed by atoms with Crippen molar-refractivity contribution in [1.82, 2.24) is 15.1 Å². The highest BCUT2D eigenvalue weighted by Gasteiger charge is 2.41. The quantitative estimate of drug-likeness (QED) is 0.647. The lowest BCUT2D eigenvalue weighted by Crippen LogP contribution is -2.52. The van der Waals surface area contributed by atoms with Gasteiger partial charge in [-0.2, -0.15) is 5.26 Å². The van der Waals surface area contributed by atoms with Crippen molar-refractivity contribution in [3.8, 4) is 11.8 Å². The first-order chi connectivity index (χ1) is 17.4. The van der Waals surface area contributed by atoms with Gasteiger partial charge < -0.3 is 9.64 Å². The molecule has 186 valence electrons. The molecule has 3 aliphatic rings. The summed E-state index contributed by atoms with van der Waals surface area (Å²) in [6.45, 7) is 2.44. The predicted octanol–water partition coefficient (Wildman–Crippen LogP) is 2.85. The van der Waals surface area contributed by atoms with Gasteiger partial charge in [0.2, 0.25) is 11.8 Å². The topological polar surface area (TPSA) is 103 Å².